The molecule has 0 saturated carbocycles. The number of carbonyl (C=O) groups excluding carboxylic acids is 3. The minimum atomic E-state index is -1.28. The van der Waals surface area contributed by atoms with Gasteiger partial charge >= 0.3 is 11.9 Å². The zero-order valence-corrected chi connectivity index (χ0v) is 21.1. The van der Waals surface area contributed by atoms with Crippen LogP contribution in [0.2, 0.25) is 0 Å². The highest BCUT2D eigenvalue weighted by Crippen LogP contribution is 2.16. The summed E-state index contributed by atoms with van der Waals surface area (Å²) in [5.74, 6) is -4.21. The number of rotatable bonds is 23. The third-order valence-electron chi connectivity index (χ3n) is 5.90. The lowest BCUT2D eigenvalue weighted by Crippen LogP contribution is -2.42. The molecule has 0 aliphatic heterocycles. The predicted molar refractivity (Wildman–Crippen MR) is 132 cm³/mol. The highest BCUT2D eigenvalue weighted by molar-refractivity contribution is 5.86. The van der Waals surface area contributed by atoms with E-state index < -0.39 is 35.8 Å². The number of aliphatic carboxylic acids is 2. The second-order valence-electron chi connectivity index (χ2n) is 9.07. The maximum Gasteiger partial charge on any atom is 0.326 e. The summed E-state index contributed by atoms with van der Waals surface area (Å²) < 4.78 is 0. The molecular weight excluding hydrogens is 454 g/mol. The highest BCUT2D eigenvalue weighted by atomic mass is 16.4. The summed E-state index contributed by atoms with van der Waals surface area (Å²) in [6.07, 6.45) is 11.9. The van der Waals surface area contributed by atoms with Crippen molar-refractivity contribution in [2.24, 2.45) is 11.7 Å². The Balaban J connectivity index is 4.29. The number of nitrogens with two attached hydrogens (primary N) is 1. The van der Waals surface area contributed by atoms with Gasteiger partial charge in [-0.2, -0.15) is 0 Å². The van der Waals surface area contributed by atoms with Crippen molar-refractivity contribution < 1.29 is 34.2 Å². The first-order chi connectivity index (χ1) is 16.7. The fourth-order valence-corrected chi connectivity index (χ4v) is 3.71. The minimum Gasteiger partial charge on any atom is -0.481 e. The normalized spacial score (nSPS) is 13.4. The number of carboxylic acids is 2. The lowest BCUT2D eigenvalue weighted by molar-refractivity contribution is -0.145. The Labute approximate surface area is 208 Å². The van der Waals surface area contributed by atoms with E-state index >= 15 is 0 Å². The van der Waals surface area contributed by atoms with Gasteiger partial charge in [0.15, 0.2) is 0 Å². The van der Waals surface area contributed by atoms with E-state index in [0.717, 1.165) is 19.3 Å². The van der Waals surface area contributed by atoms with Gasteiger partial charge in [0.2, 0.25) is 18.1 Å². The molecule has 0 rings (SSSR count). The van der Waals surface area contributed by atoms with Crippen LogP contribution >= 0.6 is 0 Å². The molecule has 0 aromatic carbocycles. The van der Waals surface area contributed by atoms with E-state index in [1.807, 2.05) is 0 Å². The second-order valence-corrected chi connectivity index (χ2v) is 9.07. The summed E-state index contributed by atoms with van der Waals surface area (Å²) in [4.78, 5) is 57.6. The Hall–Kier alpha value is -2.49. The highest BCUT2D eigenvalue weighted by Gasteiger charge is 2.25. The van der Waals surface area contributed by atoms with Crippen LogP contribution in [0.25, 0.3) is 0 Å². The monoisotopic (exact) mass is 498 g/mol. The molecular formula is C25H44N3O7. The number of hydrogen-bond donors (Lipinski definition) is 5. The first-order valence-electron chi connectivity index (χ1n) is 12.9. The molecule has 1 radical (unpaired) electrons. The molecule has 0 bridgehead atoms. The SMILES string of the molecule is CCCCCCCCCCC(CC(=O)N[C@@H](CCC(=O)NCCCC[C@H](N)[C]=O)C(=O)O)C(=O)O. The molecule has 2 amide bonds. The molecule has 0 fully saturated rings. The first kappa shape index (κ1) is 32.5. The third kappa shape index (κ3) is 18.5. The number of carbonyl (C=O) groups is 4. The lowest BCUT2D eigenvalue weighted by Gasteiger charge is -2.17. The fourth-order valence-electron chi connectivity index (χ4n) is 3.71. The average Bonchev–Trinajstić information content (AvgIpc) is 2.81. The zero-order valence-electron chi connectivity index (χ0n) is 21.1. The maximum absolute atomic E-state index is 12.3. The molecule has 6 N–H and O–H groups in total. The third-order valence-corrected chi connectivity index (χ3v) is 5.90. The van der Waals surface area contributed by atoms with E-state index in [2.05, 4.69) is 17.6 Å². The molecule has 10 nitrogen and oxygen atoms in total. The topological polar surface area (TPSA) is 176 Å². The van der Waals surface area contributed by atoms with Crippen molar-refractivity contribution in [1.82, 2.24) is 10.6 Å². The molecule has 0 saturated heterocycles. The van der Waals surface area contributed by atoms with Crippen molar-refractivity contribution in [2.45, 2.75) is 115 Å². The standard InChI is InChI=1S/C25H44N3O7/c1-2-3-4-5-6-7-8-9-12-19(24(32)33)17-23(31)28-21(25(34)35)14-15-22(30)27-16-11-10-13-20(26)18-29/h19-21H,2-17,26H2,1H3,(H,27,30)(H,28,31)(H,32,33)(H,34,35)/t19?,20-,21-/m0/s1. The van der Waals surface area contributed by atoms with E-state index in [9.17, 15) is 34.2 Å². The van der Waals surface area contributed by atoms with E-state index in [4.69, 9.17) is 5.73 Å². The van der Waals surface area contributed by atoms with Gasteiger partial charge in [-0.15, -0.1) is 0 Å². The average molecular weight is 499 g/mol. The van der Waals surface area contributed by atoms with E-state index in [1.165, 1.54) is 25.7 Å². The van der Waals surface area contributed by atoms with Gasteiger partial charge in [-0.05, 0) is 32.1 Å². The predicted octanol–water partition coefficient (Wildman–Crippen LogP) is 2.68. The Morgan fingerprint density at radius 2 is 1.40 bits per heavy atom. The van der Waals surface area contributed by atoms with Crippen molar-refractivity contribution in [3.05, 3.63) is 0 Å². The molecule has 0 heterocycles. The Kier molecular flexibility index (Phi) is 19.4. The number of carboxylic acid groups (broad SMARTS) is 2. The zero-order chi connectivity index (χ0) is 26.5. The fraction of sp³-hybridized carbons (Fsp3) is 0.800. The van der Waals surface area contributed by atoms with Gasteiger partial charge in [-0.3, -0.25) is 19.2 Å². The number of nitrogens with one attached hydrogen (secondary N) is 2. The maximum atomic E-state index is 12.3. The lowest BCUT2D eigenvalue weighted by atomic mass is 9.96. The molecule has 1 unspecified atom stereocenters. The number of amides is 2. The number of hydrogen-bond acceptors (Lipinski definition) is 6. The van der Waals surface area contributed by atoms with Crippen molar-refractivity contribution >= 4 is 30.0 Å². The molecule has 0 aromatic rings. The second kappa shape index (κ2) is 20.8. The molecule has 35 heavy (non-hydrogen) atoms. The molecule has 0 spiro atoms. The van der Waals surface area contributed by atoms with Crippen molar-refractivity contribution in [3.8, 4) is 0 Å². The summed E-state index contributed by atoms with van der Waals surface area (Å²) in [7, 11) is 0. The molecule has 0 aromatic heterocycles. The molecule has 0 aliphatic rings. The van der Waals surface area contributed by atoms with Gasteiger partial charge in [-0.1, -0.05) is 58.3 Å². The van der Waals surface area contributed by atoms with Crippen LogP contribution in [0.4, 0.5) is 0 Å². The van der Waals surface area contributed by atoms with Crippen LogP contribution in [0.1, 0.15) is 103 Å². The van der Waals surface area contributed by atoms with Crippen molar-refractivity contribution in [2.75, 3.05) is 6.54 Å². The van der Waals surface area contributed by atoms with E-state index in [1.54, 1.807) is 6.29 Å². The van der Waals surface area contributed by atoms with Crippen LogP contribution in [0.3, 0.4) is 0 Å². The van der Waals surface area contributed by atoms with Gasteiger partial charge < -0.3 is 26.6 Å². The Morgan fingerprint density at radius 1 is 0.800 bits per heavy atom. The smallest absolute Gasteiger partial charge is 0.326 e. The quantitative estimate of drug-likeness (QED) is 0.134. The van der Waals surface area contributed by atoms with Crippen LogP contribution < -0.4 is 16.4 Å². The summed E-state index contributed by atoms with van der Waals surface area (Å²) in [5, 5.41) is 23.8. The summed E-state index contributed by atoms with van der Waals surface area (Å²) in [6, 6.07) is -1.90. The largest absolute Gasteiger partial charge is 0.481 e. The van der Waals surface area contributed by atoms with Gasteiger partial charge in [-0.25, -0.2) is 4.79 Å². The van der Waals surface area contributed by atoms with Gasteiger partial charge in [0.25, 0.3) is 0 Å². The van der Waals surface area contributed by atoms with Gasteiger partial charge in [0, 0.05) is 19.4 Å². The Bertz CT molecular complexity index is 643. The summed E-state index contributed by atoms with van der Waals surface area (Å²) in [5.41, 5.74) is 5.43. The van der Waals surface area contributed by atoms with Crippen LogP contribution in [-0.2, 0) is 24.0 Å². The number of unbranched alkanes of at least 4 members (excludes halogenated alkanes) is 8. The van der Waals surface area contributed by atoms with Crippen LogP contribution in [0.15, 0.2) is 0 Å². The van der Waals surface area contributed by atoms with Gasteiger partial charge in [0.05, 0.1) is 12.0 Å². The van der Waals surface area contributed by atoms with Crippen molar-refractivity contribution in [3.63, 3.8) is 0 Å². The summed E-state index contributed by atoms with van der Waals surface area (Å²) in [6.45, 7) is 2.53. The molecule has 201 valence electrons. The molecule has 0 aliphatic carbocycles. The van der Waals surface area contributed by atoms with Crippen LogP contribution in [0, 0.1) is 5.92 Å². The first-order valence-corrected chi connectivity index (χ1v) is 12.9. The van der Waals surface area contributed by atoms with Crippen LogP contribution in [-0.4, -0.2) is 58.9 Å². The van der Waals surface area contributed by atoms with E-state index in [0.29, 0.717) is 38.6 Å². The van der Waals surface area contributed by atoms with Crippen LogP contribution in [0.5, 0.6) is 0 Å². The van der Waals surface area contributed by atoms with E-state index in [-0.39, 0.29) is 25.2 Å². The Morgan fingerprint density at radius 3 is 1.97 bits per heavy atom. The summed E-state index contributed by atoms with van der Waals surface area (Å²) >= 11 is 0. The molecule has 3 atom stereocenters. The minimum absolute atomic E-state index is 0.0977. The van der Waals surface area contributed by atoms with Gasteiger partial charge in [0.1, 0.15) is 6.04 Å². The van der Waals surface area contributed by atoms with Crippen molar-refractivity contribution in [1.29, 1.82) is 0 Å². The molecule has 10 heteroatoms.